The Bertz CT molecular complexity index is 1310. The first-order valence-electron chi connectivity index (χ1n) is 10.8. The monoisotopic (exact) mass is 435 g/mol. The quantitative estimate of drug-likeness (QED) is 0.495. The van der Waals surface area contributed by atoms with E-state index in [-0.39, 0.29) is 5.82 Å². The normalized spacial score (nSPS) is 14.6. The minimum Gasteiger partial charge on any atom is -0.389 e. The molecule has 1 aromatic carbocycles. The Balaban J connectivity index is 1.63. The van der Waals surface area contributed by atoms with Crippen LogP contribution in [0, 0.1) is 12.7 Å². The molecule has 0 spiro atoms. The van der Waals surface area contributed by atoms with E-state index in [9.17, 15) is 9.50 Å². The number of anilines is 2. The maximum Gasteiger partial charge on any atom is 0.177 e. The van der Waals surface area contributed by atoms with E-state index >= 15 is 0 Å². The van der Waals surface area contributed by atoms with Gasteiger partial charge in [0.2, 0.25) is 0 Å². The Morgan fingerprint density at radius 3 is 2.62 bits per heavy atom. The molecule has 3 aromatic heterocycles. The van der Waals surface area contributed by atoms with Crippen LogP contribution in [0.3, 0.4) is 0 Å². The molecule has 0 saturated carbocycles. The number of aryl methyl sites for hydroxylation is 1. The number of nitrogens with zero attached hydrogens (tertiary/aromatic N) is 6. The van der Waals surface area contributed by atoms with Crippen LogP contribution >= 0.6 is 0 Å². The van der Waals surface area contributed by atoms with Gasteiger partial charge in [-0.1, -0.05) is 0 Å². The molecule has 1 fully saturated rings. The van der Waals surface area contributed by atoms with E-state index in [0.29, 0.717) is 40.3 Å². The zero-order chi connectivity index (χ0) is 22.5. The molecule has 1 aliphatic heterocycles. The third kappa shape index (κ3) is 3.95. The van der Waals surface area contributed by atoms with Crippen molar-refractivity contribution in [2.24, 2.45) is 0 Å². The van der Waals surface area contributed by atoms with Crippen molar-refractivity contribution >= 4 is 28.2 Å². The Kier molecular flexibility index (Phi) is 4.93. The molecule has 4 heterocycles. The van der Waals surface area contributed by atoms with Crippen molar-refractivity contribution in [1.82, 2.24) is 24.6 Å². The molecule has 2 N–H and O–H groups in total. The van der Waals surface area contributed by atoms with Crippen molar-refractivity contribution < 1.29 is 9.50 Å². The molecule has 0 bridgehead atoms. The number of imidazole rings is 1. The number of hydrogen-bond donors (Lipinski definition) is 2. The average Bonchev–Trinajstić information content (AvgIpc) is 3.41. The number of halogens is 1. The van der Waals surface area contributed by atoms with E-state index in [2.05, 4.69) is 20.2 Å². The summed E-state index contributed by atoms with van der Waals surface area (Å²) >= 11 is 0. The molecule has 1 saturated heterocycles. The molecule has 0 amide bonds. The van der Waals surface area contributed by atoms with Crippen molar-refractivity contribution in [2.75, 3.05) is 29.9 Å². The van der Waals surface area contributed by atoms with Gasteiger partial charge in [-0.3, -0.25) is 0 Å². The fourth-order valence-corrected chi connectivity index (χ4v) is 3.98. The fourth-order valence-electron chi connectivity index (χ4n) is 3.98. The van der Waals surface area contributed by atoms with Gasteiger partial charge in [0.15, 0.2) is 11.5 Å². The Morgan fingerprint density at radius 2 is 1.88 bits per heavy atom. The number of aromatic nitrogens is 5. The molecule has 0 unspecified atom stereocenters. The van der Waals surface area contributed by atoms with Crippen LogP contribution in [-0.4, -0.2) is 54.9 Å². The third-order valence-electron chi connectivity index (χ3n) is 5.60. The van der Waals surface area contributed by atoms with Gasteiger partial charge < -0.3 is 15.3 Å². The predicted molar refractivity (Wildman–Crippen MR) is 122 cm³/mol. The van der Waals surface area contributed by atoms with Crippen molar-refractivity contribution in [3.05, 3.63) is 42.0 Å². The zero-order valence-electron chi connectivity index (χ0n) is 18.4. The maximum atomic E-state index is 13.7. The summed E-state index contributed by atoms with van der Waals surface area (Å²) in [6, 6.07) is 6.37. The molecule has 166 valence electrons. The van der Waals surface area contributed by atoms with Gasteiger partial charge in [0.05, 0.1) is 34.2 Å². The first-order valence-corrected chi connectivity index (χ1v) is 10.8. The molecule has 5 rings (SSSR count). The molecule has 0 aliphatic carbocycles. The molecule has 32 heavy (non-hydrogen) atoms. The first-order chi connectivity index (χ1) is 15.3. The van der Waals surface area contributed by atoms with E-state index in [1.165, 1.54) is 12.1 Å². The Labute approximate surface area is 185 Å². The van der Waals surface area contributed by atoms with Crippen molar-refractivity contribution in [3.63, 3.8) is 0 Å². The van der Waals surface area contributed by atoms with Gasteiger partial charge in [0, 0.05) is 31.8 Å². The predicted octanol–water partition coefficient (Wildman–Crippen LogP) is 3.57. The van der Waals surface area contributed by atoms with Crippen molar-refractivity contribution in [1.29, 1.82) is 0 Å². The summed E-state index contributed by atoms with van der Waals surface area (Å²) in [6.07, 6.45) is 4.11. The van der Waals surface area contributed by atoms with Gasteiger partial charge in [-0.15, -0.1) is 5.10 Å². The van der Waals surface area contributed by atoms with Crippen LogP contribution in [0.4, 0.5) is 15.9 Å². The van der Waals surface area contributed by atoms with Gasteiger partial charge >= 0.3 is 0 Å². The summed E-state index contributed by atoms with van der Waals surface area (Å²) in [6.45, 7) is 7.67. The van der Waals surface area contributed by atoms with Gasteiger partial charge in [-0.05, 0) is 45.7 Å². The summed E-state index contributed by atoms with van der Waals surface area (Å²) in [4.78, 5) is 16.2. The highest BCUT2D eigenvalue weighted by Crippen LogP contribution is 2.29. The lowest BCUT2D eigenvalue weighted by Gasteiger charge is -2.21. The summed E-state index contributed by atoms with van der Waals surface area (Å²) in [5, 5.41) is 18.3. The number of fused-ring (bicyclic) bond motifs is 2. The van der Waals surface area contributed by atoms with E-state index in [0.717, 1.165) is 37.4 Å². The lowest BCUT2D eigenvalue weighted by Crippen LogP contribution is -2.29. The number of nitrogens with one attached hydrogen (secondary N) is 1. The molecular weight excluding hydrogens is 409 g/mol. The summed E-state index contributed by atoms with van der Waals surface area (Å²) in [7, 11) is 0. The highest BCUT2D eigenvalue weighted by Gasteiger charge is 2.21. The number of aliphatic hydroxyl groups is 1. The molecule has 8 nitrogen and oxygen atoms in total. The van der Waals surface area contributed by atoms with E-state index in [1.807, 2.05) is 19.2 Å². The van der Waals surface area contributed by atoms with Crippen LogP contribution in [0.15, 0.2) is 30.5 Å². The lowest BCUT2D eigenvalue weighted by atomic mass is 10.1. The van der Waals surface area contributed by atoms with E-state index in [4.69, 9.17) is 10.1 Å². The second-order valence-corrected chi connectivity index (χ2v) is 8.96. The number of benzene rings is 1. The van der Waals surface area contributed by atoms with Gasteiger partial charge in [-0.2, -0.15) is 0 Å². The van der Waals surface area contributed by atoms with Gasteiger partial charge in [-0.25, -0.2) is 23.9 Å². The average molecular weight is 436 g/mol. The van der Waals surface area contributed by atoms with Gasteiger partial charge in [0.25, 0.3) is 0 Å². The standard InChI is InChI=1S/C23H26FN7O/c1-14-21(27-17-10-15(24)6-7-16(17)26-14)19-12-31-22(28-19)18(25-13-23(2,3)32)11-20(29-31)30-8-4-5-9-30/h6-7,10-12,25,32H,4-5,8-9,13H2,1-3H3. The highest BCUT2D eigenvalue weighted by molar-refractivity contribution is 5.79. The van der Waals surface area contributed by atoms with E-state index < -0.39 is 5.60 Å². The molecule has 1 aliphatic rings. The second-order valence-electron chi connectivity index (χ2n) is 8.96. The SMILES string of the molecule is Cc1nc2ccc(F)cc2nc1-c1cn2nc(N3CCCC3)cc(NCC(C)(C)O)c2n1. The maximum absolute atomic E-state index is 13.7. The van der Waals surface area contributed by atoms with Crippen LogP contribution in [0.5, 0.6) is 0 Å². The summed E-state index contributed by atoms with van der Waals surface area (Å²) < 4.78 is 15.5. The van der Waals surface area contributed by atoms with Crippen LogP contribution in [-0.2, 0) is 0 Å². The molecular formula is C23H26FN7O. The first kappa shape index (κ1) is 20.6. The van der Waals surface area contributed by atoms with Crippen molar-refractivity contribution in [3.8, 4) is 11.4 Å². The highest BCUT2D eigenvalue weighted by atomic mass is 19.1. The largest absolute Gasteiger partial charge is 0.389 e. The third-order valence-corrected chi connectivity index (χ3v) is 5.60. The molecule has 4 aromatic rings. The molecule has 0 radical (unpaired) electrons. The Morgan fingerprint density at radius 1 is 1.09 bits per heavy atom. The minimum absolute atomic E-state index is 0.355. The van der Waals surface area contributed by atoms with Crippen LogP contribution < -0.4 is 10.2 Å². The number of rotatable bonds is 5. The van der Waals surface area contributed by atoms with Crippen molar-refractivity contribution in [2.45, 2.75) is 39.2 Å². The summed E-state index contributed by atoms with van der Waals surface area (Å²) in [5.41, 5.74) is 3.56. The van der Waals surface area contributed by atoms with Gasteiger partial charge in [0.1, 0.15) is 17.2 Å². The second kappa shape index (κ2) is 7.67. The van der Waals surface area contributed by atoms with Crippen LogP contribution in [0.2, 0.25) is 0 Å². The smallest absolute Gasteiger partial charge is 0.177 e. The van der Waals surface area contributed by atoms with E-state index in [1.54, 1.807) is 24.4 Å². The van der Waals surface area contributed by atoms with Crippen LogP contribution in [0.1, 0.15) is 32.4 Å². The zero-order valence-corrected chi connectivity index (χ0v) is 18.4. The fraction of sp³-hybridized carbons (Fsp3) is 0.391. The summed E-state index contributed by atoms with van der Waals surface area (Å²) in [5.74, 6) is 0.507. The lowest BCUT2D eigenvalue weighted by molar-refractivity contribution is 0.0945. The Hall–Kier alpha value is -3.33. The van der Waals surface area contributed by atoms with Crippen LogP contribution in [0.25, 0.3) is 28.1 Å². The topological polar surface area (TPSA) is 91.5 Å². The molecule has 0 atom stereocenters. The minimum atomic E-state index is -0.881. The molecule has 9 heteroatoms. The number of hydrogen-bond acceptors (Lipinski definition) is 7.